The highest BCUT2D eigenvalue weighted by atomic mass is 16.5. The number of benzene rings is 1. The summed E-state index contributed by atoms with van der Waals surface area (Å²) >= 11 is 0. The van der Waals surface area contributed by atoms with Gasteiger partial charge in [-0.1, -0.05) is 12.1 Å². The molecule has 0 saturated heterocycles. The Morgan fingerprint density at radius 3 is 2.81 bits per heavy atom. The number of nitrogens with one attached hydrogen (secondary N) is 1. The summed E-state index contributed by atoms with van der Waals surface area (Å²) in [7, 11) is 0. The van der Waals surface area contributed by atoms with Crippen molar-refractivity contribution < 1.29 is 4.74 Å². The van der Waals surface area contributed by atoms with Crippen molar-refractivity contribution >= 4 is 5.95 Å². The van der Waals surface area contributed by atoms with Crippen LogP contribution in [0.5, 0.6) is 5.88 Å². The van der Waals surface area contributed by atoms with Gasteiger partial charge in [0.05, 0.1) is 17.7 Å². The summed E-state index contributed by atoms with van der Waals surface area (Å²) in [4.78, 5) is 8.65. The average Bonchev–Trinajstić information content (AvgIpc) is 2.44. The molecule has 1 aromatic carbocycles. The highest BCUT2D eigenvalue weighted by Gasteiger charge is 2.05. The third-order valence-electron chi connectivity index (χ3n) is 2.69. The second kappa shape index (κ2) is 6.71. The molecule has 0 fully saturated rings. The Bertz CT molecular complexity index is 662. The van der Waals surface area contributed by atoms with Gasteiger partial charge in [0.2, 0.25) is 11.8 Å². The van der Waals surface area contributed by atoms with E-state index in [9.17, 15) is 0 Å². The Labute approximate surface area is 124 Å². The number of hydrogen-bond acceptors (Lipinski definition) is 5. The molecule has 1 aromatic heterocycles. The summed E-state index contributed by atoms with van der Waals surface area (Å²) in [5.41, 5.74) is 2.49. The molecule has 2 rings (SSSR count). The number of nitriles is 1. The monoisotopic (exact) mass is 282 g/mol. The summed E-state index contributed by atoms with van der Waals surface area (Å²) in [5, 5.41) is 12.0. The largest absolute Gasteiger partial charge is 0.475 e. The van der Waals surface area contributed by atoms with Crippen molar-refractivity contribution in [2.24, 2.45) is 0 Å². The van der Waals surface area contributed by atoms with E-state index in [1.54, 1.807) is 6.07 Å². The van der Waals surface area contributed by atoms with Gasteiger partial charge in [0.15, 0.2) is 0 Å². The second-order valence-corrected chi connectivity index (χ2v) is 5.00. The van der Waals surface area contributed by atoms with Crippen LogP contribution in [0.1, 0.15) is 30.7 Å². The number of aromatic nitrogens is 2. The molecule has 0 atom stereocenters. The molecule has 0 amide bonds. The molecule has 1 N–H and O–H groups in total. The lowest BCUT2D eigenvalue weighted by atomic mass is 10.1. The van der Waals surface area contributed by atoms with Gasteiger partial charge >= 0.3 is 0 Å². The first-order valence-corrected chi connectivity index (χ1v) is 6.82. The third kappa shape index (κ3) is 4.46. The minimum atomic E-state index is 0.0689. The lowest BCUT2D eigenvalue weighted by molar-refractivity contribution is 0.232. The predicted octanol–water partition coefficient (Wildman–Crippen LogP) is 3.06. The molecule has 108 valence electrons. The van der Waals surface area contributed by atoms with Gasteiger partial charge in [0, 0.05) is 18.3 Å². The lowest BCUT2D eigenvalue weighted by Crippen LogP contribution is -2.10. The van der Waals surface area contributed by atoms with E-state index >= 15 is 0 Å². The number of nitrogens with zero attached hydrogens (tertiary/aromatic N) is 3. The summed E-state index contributed by atoms with van der Waals surface area (Å²) in [5.74, 6) is 1.08. The van der Waals surface area contributed by atoms with Crippen LogP contribution >= 0.6 is 0 Å². The summed E-state index contributed by atoms with van der Waals surface area (Å²) in [6, 6.07) is 11.4. The highest BCUT2D eigenvalue weighted by molar-refractivity contribution is 5.36. The van der Waals surface area contributed by atoms with Crippen molar-refractivity contribution in [1.82, 2.24) is 9.97 Å². The van der Waals surface area contributed by atoms with Crippen LogP contribution in [0.4, 0.5) is 5.95 Å². The fraction of sp³-hybridized carbons (Fsp3) is 0.312. The topological polar surface area (TPSA) is 70.8 Å². The van der Waals surface area contributed by atoms with Crippen LogP contribution < -0.4 is 10.1 Å². The van der Waals surface area contributed by atoms with Gasteiger partial charge in [-0.3, -0.25) is 0 Å². The van der Waals surface area contributed by atoms with E-state index in [4.69, 9.17) is 10.00 Å². The molecule has 0 saturated carbocycles. The number of rotatable bonds is 5. The molecule has 0 radical (unpaired) electrons. The molecule has 21 heavy (non-hydrogen) atoms. The first kappa shape index (κ1) is 14.8. The van der Waals surface area contributed by atoms with E-state index in [0.717, 1.165) is 11.3 Å². The van der Waals surface area contributed by atoms with Crippen molar-refractivity contribution in [2.45, 2.75) is 33.4 Å². The minimum Gasteiger partial charge on any atom is -0.475 e. The molecule has 0 unspecified atom stereocenters. The fourth-order valence-corrected chi connectivity index (χ4v) is 1.85. The Balaban J connectivity index is 2.09. The van der Waals surface area contributed by atoms with Crippen LogP contribution in [0.2, 0.25) is 0 Å². The molecule has 0 aliphatic carbocycles. The Kier molecular flexibility index (Phi) is 4.72. The first-order chi connectivity index (χ1) is 10.1. The predicted molar refractivity (Wildman–Crippen MR) is 81.0 cm³/mol. The number of anilines is 1. The molecule has 5 nitrogen and oxygen atoms in total. The molecule has 0 aliphatic rings. The minimum absolute atomic E-state index is 0.0689. The standard InChI is InChI=1S/C16H18N4O/c1-11(2)21-15-7-12(3)19-16(20-15)18-10-14-6-4-5-13(8-14)9-17/h4-8,11H,10H2,1-3H3,(H,18,19,20). The van der Waals surface area contributed by atoms with E-state index in [1.165, 1.54) is 0 Å². The van der Waals surface area contributed by atoms with Gasteiger partial charge in [-0.05, 0) is 38.5 Å². The van der Waals surface area contributed by atoms with Crippen LogP contribution in [0.25, 0.3) is 0 Å². The van der Waals surface area contributed by atoms with Gasteiger partial charge in [-0.25, -0.2) is 4.98 Å². The average molecular weight is 282 g/mol. The van der Waals surface area contributed by atoms with Crippen LogP contribution in [0.15, 0.2) is 30.3 Å². The maximum atomic E-state index is 8.89. The fourth-order valence-electron chi connectivity index (χ4n) is 1.85. The quantitative estimate of drug-likeness (QED) is 0.912. The molecule has 1 heterocycles. The molecule has 0 spiro atoms. The van der Waals surface area contributed by atoms with Crippen LogP contribution in [-0.4, -0.2) is 16.1 Å². The Hall–Kier alpha value is -2.61. The van der Waals surface area contributed by atoms with E-state index in [-0.39, 0.29) is 6.10 Å². The number of ether oxygens (including phenoxy) is 1. The van der Waals surface area contributed by atoms with Crippen molar-refractivity contribution in [3.8, 4) is 11.9 Å². The normalized spacial score (nSPS) is 10.2. The van der Waals surface area contributed by atoms with Gasteiger partial charge in [0.1, 0.15) is 0 Å². The summed E-state index contributed by atoms with van der Waals surface area (Å²) < 4.78 is 5.59. The van der Waals surface area contributed by atoms with Gasteiger partial charge in [-0.15, -0.1) is 0 Å². The molecular weight excluding hydrogens is 264 g/mol. The van der Waals surface area contributed by atoms with Crippen molar-refractivity contribution in [2.75, 3.05) is 5.32 Å². The third-order valence-corrected chi connectivity index (χ3v) is 2.69. The van der Waals surface area contributed by atoms with E-state index in [1.807, 2.05) is 45.0 Å². The summed E-state index contributed by atoms with van der Waals surface area (Å²) in [6.07, 6.45) is 0.0689. The molecule has 0 bridgehead atoms. The smallest absolute Gasteiger partial charge is 0.226 e. The molecule has 2 aromatic rings. The van der Waals surface area contributed by atoms with E-state index in [2.05, 4.69) is 21.4 Å². The Morgan fingerprint density at radius 1 is 1.29 bits per heavy atom. The summed E-state index contributed by atoms with van der Waals surface area (Å²) in [6.45, 7) is 6.37. The molecule has 5 heteroatoms. The zero-order valence-corrected chi connectivity index (χ0v) is 12.4. The van der Waals surface area contributed by atoms with Crippen LogP contribution in [-0.2, 0) is 6.54 Å². The highest BCUT2D eigenvalue weighted by Crippen LogP contribution is 2.14. The molecule has 0 aliphatic heterocycles. The first-order valence-electron chi connectivity index (χ1n) is 6.82. The zero-order valence-electron chi connectivity index (χ0n) is 12.4. The van der Waals surface area contributed by atoms with Gasteiger partial charge < -0.3 is 10.1 Å². The maximum Gasteiger partial charge on any atom is 0.226 e. The van der Waals surface area contributed by atoms with Crippen molar-refractivity contribution in [1.29, 1.82) is 5.26 Å². The van der Waals surface area contributed by atoms with E-state index in [0.29, 0.717) is 23.9 Å². The van der Waals surface area contributed by atoms with Crippen molar-refractivity contribution in [3.63, 3.8) is 0 Å². The van der Waals surface area contributed by atoms with Gasteiger partial charge in [-0.2, -0.15) is 10.2 Å². The van der Waals surface area contributed by atoms with Crippen LogP contribution in [0.3, 0.4) is 0 Å². The van der Waals surface area contributed by atoms with Crippen LogP contribution in [0, 0.1) is 18.3 Å². The van der Waals surface area contributed by atoms with Crippen molar-refractivity contribution in [3.05, 3.63) is 47.2 Å². The van der Waals surface area contributed by atoms with E-state index < -0.39 is 0 Å². The Morgan fingerprint density at radius 2 is 2.10 bits per heavy atom. The van der Waals surface area contributed by atoms with Gasteiger partial charge in [0.25, 0.3) is 0 Å². The zero-order chi connectivity index (χ0) is 15.2. The maximum absolute atomic E-state index is 8.89. The number of aryl methyl sites for hydroxylation is 1. The SMILES string of the molecule is Cc1cc(OC(C)C)nc(NCc2cccc(C#N)c2)n1. The number of hydrogen-bond donors (Lipinski definition) is 1. The lowest BCUT2D eigenvalue weighted by Gasteiger charge is -2.11. The molecular formula is C16H18N4O. The second-order valence-electron chi connectivity index (χ2n) is 5.00.